The van der Waals surface area contributed by atoms with E-state index in [1.54, 1.807) is 0 Å². The molecule has 0 aromatic carbocycles. The van der Waals surface area contributed by atoms with Gasteiger partial charge in [0.15, 0.2) is 0 Å². The molecule has 1 aromatic heterocycles. The lowest BCUT2D eigenvalue weighted by molar-refractivity contribution is 0.436. The first-order chi connectivity index (χ1) is 8.81. The van der Waals surface area contributed by atoms with Crippen LogP contribution in [0.1, 0.15) is 60.4 Å². The van der Waals surface area contributed by atoms with Crippen LogP contribution in [0.4, 0.5) is 0 Å². The Morgan fingerprint density at radius 2 is 1.61 bits per heavy atom. The number of rotatable bonds is 1. The van der Waals surface area contributed by atoms with Crippen LogP contribution in [0.25, 0.3) is 0 Å². The molecule has 0 spiro atoms. The molecular formula is C14H12N4. The molecule has 1 saturated carbocycles. The number of hydrogen-bond donors (Lipinski definition) is 0. The maximum absolute atomic E-state index is 9.23. The van der Waals surface area contributed by atoms with Crippen molar-refractivity contribution < 1.29 is 0 Å². The average Bonchev–Trinajstić information content (AvgIpc) is 2.46. The van der Waals surface area contributed by atoms with Crippen LogP contribution in [-0.4, -0.2) is 4.98 Å². The summed E-state index contributed by atoms with van der Waals surface area (Å²) in [6, 6.07) is 5.93. The Morgan fingerprint density at radius 1 is 0.944 bits per heavy atom. The lowest BCUT2D eigenvalue weighted by Gasteiger charge is -2.22. The predicted octanol–water partition coefficient (Wildman–Crippen LogP) is 2.74. The predicted molar refractivity (Wildman–Crippen MR) is 64.2 cm³/mol. The second-order valence-electron chi connectivity index (χ2n) is 4.48. The van der Waals surface area contributed by atoms with Crippen molar-refractivity contribution in [3.05, 3.63) is 28.6 Å². The Hall–Kier alpha value is -2.38. The van der Waals surface area contributed by atoms with Gasteiger partial charge in [0.2, 0.25) is 0 Å². The molecule has 4 heteroatoms. The fourth-order valence-corrected chi connectivity index (χ4v) is 2.53. The zero-order valence-corrected chi connectivity index (χ0v) is 9.98. The first-order valence-electron chi connectivity index (χ1n) is 6.05. The van der Waals surface area contributed by atoms with Crippen LogP contribution in [0, 0.1) is 34.0 Å². The zero-order valence-electron chi connectivity index (χ0n) is 9.98. The minimum absolute atomic E-state index is 0.176. The molecule has 88 valence electrons. The van der Waals surface area contributed by atoms with Gasteiger partial charge in [0.05, 0.1) is 22.4 Å². The normalized spacial score (nSPS) is 15.4. The summed E-state index contributed by atoms with van der Waals surface area (Å²) >= 11 is 0. The number of hydrogen-bond acceptors (Lipinski definition) is 4. The fraction of sp³-hybridized carbons (Fsp3) is 0.429. The molecule has 0 aliphatic heterocycles. The van der Waals surface area contributed by atoms with Crippen molar-refractivity contribution in [3.8, 4) is 18.2 Å². The van der Waals surface area contributed by atoms with Crippen molar-refractivity contribution in [1.82, 2.24) is 4.98 Å². The number of pyridine rings is 1. The van der Waals surface area contributed by atoms with Gasteiger partial charge in [-0.25, -0.2) is 0 Å². The van der Waals surface area contributed by atoms with E-state index >= 15 is 0 Å². The number of nitriles is 3. The van der Waals surface area contributed by atoms with E-state index in [-0.39, 0.29) is 17.0 Å². The standard InChI is InChI=1S/C14H12N4/c15-6-11-9-18-14(10-4-2-1-3-5-10)13(8-17)12(11)7-16/h9-10H,1-5H2. The Bertz CT molecular complexity index is 578. The van der Waals surface area contributed by atoms with Gasteiger partial charge in [-0.05, 0) is 12.8 Å². The van der Waals surface area contributed by atoms with Crippen LogP contribution in [0.2, 0.25) is 0 Å². The number of aromatic nitrogens is 1. The van der Waals surface area contributed by atoms with Crippen molar-refractivity contribution in [3.63, 3.8) is 0 Å². The molecule has 0 unspecified atom stereocenters. The zero-order chi connectivity index (χ0) is 13.0. The Kier molecular flexibility index (Phi) is 3.56. The van der Waals surface area contributed by atoms with E-state index in [4.69, 9.17) is 10.5 Å². The molecule has 1 fully saturated rings. The van der Waals surface area contributed by atoms with E-state index in [9.17, 15) is 5.26 Å². The summed E-state index contributed by atoms with van der Waals surface area (Å²) in [4.78, 5) is 4.26. The topological polar surface area (TPSA) is 84.3 Å². The first kappa shape index (κ1) is 12.1. The average molecular weight is 236 g/mol. The summed E-state index contributed by atoms with van der Waals surface area (Å²) in [5.74, 6) is 0.258. The highest BCUT2D eigenvalue weighted by atomic mass is 14.7. The summed E-state index contributed by atoms with van der Waals surface area (Å²) in [6.45, 7) is 0. The van der Waals surface area contributed by atoms with Crippen molar-refractivity contribution in [2.75, 3.05) is 0 Å². The van der Waals surface area contributed by atoms with Gasteiger partial charge in [-0.3, -0.25) is 4.98 Å². The minimum Gasteiger partial charge on any atom is -0.258 e. The van der Waals surface area contributed by atoms with Gasteiger partial charge in [-0.15, -0.1) is 0 Å². The highest BCUT2D eigenvalue weighted by Gasteiger charge is 2.23. The summed E-state index contributed by atoms with van der Waals surface area (Å²) in [6.07, 6.45) is 6.94. The van der Waals surface area contributed by atoms with Crippen molar-refractivity contribution in [2.45, 2.75) is 38.0 Å². The molecule has 0 bridgehead atoms. The lowest BCUT2D eigenvalue weighted by atomic mass is 9.84. The van der Waals surface area contributed by atoms with E-state index in [1.807, 2.05) is 12.1 Å². The van der Waals surface area contributed by atoms with Gasteiger partial charge in [0.1, 0.15) is 18.2 Å². The van der Waals surface area contributed by atoms with E-state index in [0.717, 1.165) is 25.7 Å². The highest BCUT2D eigenvalue weighted by molar-refractivity contribution is 5.56. The van der Waals surface area contributed by atoms with E-state index < -0.39 is 0 Å². The number of nitrogens with zero attached hydrogens (tertiary/aromatic N) is 4. The smallest absolute Gasteiger partial charge is 0.103 e. The first-order valence-corrected chi connectivity index (χ1v) is 6.05. The molecular weight excluding hydrogens is 224 g/mol. The molecule has 0 atom stereocenters. The van der Waals surface area contributed by atoms with Gasteiger partial charge in [-0.2, -0.15) is 15.8 Å². The Balaban J connectivity index is 2.53. The highest BCUT2D eigenvalue weighted by Crippen LogP contribution is 2.34. The van der Waals surface area contributed by atoms with Gasteiger partial charge in [0, 0.05) is 12.1 Å². The second-order valence-corrected chi connectivity index (χ2v) is 4.48. The van der Waals surface area contributed by atoms with Gasteiger partial charge in [-0.1, -0.05) is 19.3 Å². The molecule has 1 heterocycles. The summed E-state index contributed by atoms with van der Waals surface area (Å²) < 4.78 is 0. The van der Waals surface area contributed by atoms with Crippen molar-refractivity contribution >= 4 is 0 Å². The van der Waals surface area contributed by atoms with E-state index in [2.05, 4.69) is 11.1 Å². The molecule has 0 radical (unpaired) electrons. The molecule has 1 aliphatic carbocycles. The minimum atomic E-state index is 0.176. The molecule has 1 aliphatic rings. The van der Waals surface area contributed by atoms with Crippen LogP contribution >= 0.6 is 0 Å². The molecule has 18 heavy (non-hydrogen) atoms. The van der Waals surface area contributed by atoms with Gasteiger partial charge < -0.3 is 0 Å². The van der Waals surface area contributed by atoms with Crippen molar-refractivity contribution in [2.24, 2.45) is 0 Å². The second kappa shape index (κ2) is 5.30. The third-order valence-corrected chi connectivity index (χ3v) is 3.44. The third kappa shape index (κ3) is 2.04. The Morgan fingerprint density at radius 3 is 2.17 bits per heavy atom. The van der Waals surface area contributed by atoms with Crippen LogP contribution in [-0.2, 0) is 0 Å². The van der Waals surface area contributed by atoms with E-state index in [1.165, 1.54) is 12.6 Å². The van der Waals surface area contributed by atoms with Crippen LogP contribution < -0.4 is 0 Å². The summed E-state index contributed by atoms with van der Waals surface area (Å²) in [7, 11) is 0. The quantitative estimate of drug-likeness (QED) is 0.750. The van der Waals surface area contributed by atoms with Crippen molar-refractivity contribution in [1.29, 1.82) is 15.8 Å². The summed E-state index contributed by atoms with van der Waals surface area (Å²) in [5, 5.41) is 27.3. The third-order valence-electron chi connectivity index (χ3n) is 3.44. The fourth-order valence-electron chi connectivity index (χ4n) is 2.53. The largest absolute Gasteiger partial charge is 0.258 e. The maximum atomic E-state index is 9.23. The molecule has 4 nitrogen and oxygen atoms in total. The molecule has 0 amide bonds. The monoisotopic (exact) mass is 236 g/mol. The van der Waals surface area contributed by atoms with Crippen LogP contribution in [0.3, 0.4) is 0 Å². The molecule has 0 N–H and O–H groups in total. The van der Waals surface area contributed by atoms with Crippen LogP contribution in [0.15, 0.2) is 6.20 Å². The SMILES string of the molecule is N#Cc1cnc(C2CCCCC2)c(C#N)c1C#N. The van der Waals surface area contributed by atoms with Crippen LogP contribution in [0.5, 0.6) is 0 Å². The van der Waals surface area contributed by atoms with Gasteiger partial charge >= 0.3 is 0 Å². The molecule has 2 rings (SSSR count). The molecule has 1 aromatic rings. The van der Waals surface area contributed by atoms with Gasteiger partial charge in [0.25, 0.3) is 0 Å². The summed E-state index contributed by atoms with van der Waals surface area (Å²) in [5.41, 5.74) is 1.36. The lowest BCUT2D eigenvalue weighted by Crippen LogP contribution is -2.10. The Labute approximate surface area is 106 Å². The molecule has 0 saturated heterocycles. The maximum Gasteiger partial charge on any atom is 0.103 e. The van der Waals surface area contributed by atoms with E-state index in [0.29, 0.717) is 11.3 Å².